The lowest BCUT2D eigenvalue weighted by Gasteiger charge is -2.14. The van der Waals surface area contributed by atoms with Crippen LogP contribution in [0, 0.1) is 12.7 Å². The molecule has 2 unspecified atom stereocenters. The molecular formula is C12H17FN2O4S2. The molecule has 1 aromatic carbocycles. The second kappa shape index (κ2) is 6.63. The Hall–Kier alpha value is -1.32. The van der Waals surface area contributed by atoms with Gasteiger partial charge >= 0.3 is 0 Å². The number of sulfonamides is 1. The molecule has 0 aromatic heterocycles. The van der Waals surface area contributed by atoms with Gasteiger partial charge in [-0.3, -0.25) is 9.00 Å². The number of benzene rings is 1. The third-order valence-electron chi connectivity index (χ3n) is 2.73. The summed E-state index contributed by atoms with van der Waals surface area (Å²) < 4.78 is 47.6. The SMILES string of the molecule is Cc1c(F)cc(C(=O)NC(C)CS(C)=O)cc1S(N)(=O)=O. The maximum Gasteiger partial charge on any atom is 0.251 e. The highest BCUT2D eigenvalue weighted by Crippen LogP contribution is 2.19. The Morgan fingerprint density at radius 2 is 2.05 bits per heavy atom. The minimum atomic E-state index is -4.13. The van der Waals surface area contributed by atoms with Gasteiger partial charge in [0, 0.05) is 40.0 Å². The van der Waals surface area contributed by atoms with Gasteiger partial charge in [-0.15, -0.1) is 0 Å². The minimum absolute atomic E-state index is 0.142. The van der Waals surface area contributed by atoms with Gasteiger partial charge in [-0.25, -0.2) is 17.9 Å². The Bertz CT molecular complexity index is 689. The van der Waals surface area contributed by atoms with Gasteiger partial charge in [-0.2, -0.15) is 0 Å². The number of hydrogen-bond donors (Lipinski definition) is 2. The minimum Gasteiger partial charge on any atom is -0.349 e. The summed E-state index contributed by atoms with van der Waals surface area (Å²) in [5, 5.41) is 7.51. The fourth-order valence-corrected chi connectivity index (χ4v) is 3.38. The van der Waals surface area contributed by atoms with E-state index in [2.05, 4.69) is 5.32 Å². The number of carbonyl (C=O) groups excluding carboxylic acids is 1. The third kappa shape index (κ3) is 4.87. The maximum atomic E-state index is 13.7. The molecule has 118 valence electrons. The summed E-state index contributed by atoms with van der Waals surface area (Å²) in [6, 6.07) is 1.57. The molecule has 9 heteroatoms. The highest BCUT2D eigenvalue weighted by atomic mass is 32.2. The summed E-state index contributed by atoms with van der Waals surface area (Å²) in [5.74, 6) is -1.25. The predicted octanol–water partition coefficient (Wildman–Crippen LogP) is 0.278. The molecule has 6 nitrogen and oxygen atoms in total. The zero-order chi connectivity index (χ0) is 16.4. The van der Waals surface area contributed by atoms with Crippen LogP contribution in [0.3, 0.4) is 0 Å². The zero-order valence-electron chi connectivity index (χ0n) is 11.8. The molecule has 1 rings (SSSR count). The average Bonchev–Trinajstić information content (AvgIpc) is 2.29. The van der Waals surface area contributed by atoms with Crippen LogP contribution in [-0.4, -0.2) is 36.6 Å². The van der Waals surface area contributed by atoms with E-state index in [9.17, 15) is 21.8 Å². The van der Waals surface area contributed by atoms with Crippen LogP contribution in [0.2, 0.25) is 0 Å². The van der Waals surface area contributed by atoms with Gasteiger partial charge in [0.1, 0.15) is 5.82 Å². The topological polar surface area (TPSA) is 106 Å². The van der Waals surface area contributed by atoms with E-state index in [1.54, 1.807) is 6.92 Å². The molecule has 0 aliphatic carbocycles. The number of primary sulfonamides is 1. The molecule has 2 atom stereocenters. The van der Waals surface area contributed by atoms with Crippen molar-refractivity contribution in [1.29, 1.82) is 0 Å². The highest BCUT2D eigenvalue weighted by Gasteiger charge is 2.20. The van der Waals surface area contributed by atoms with Crippen molar-refractivity contribution >= 4 is 26.7 Å². The number of halogens is 1. The van der Waals surface area contributed by atoms with Crippen molar-refractivity contribution in [2.24, 2.45) is 5.14 Å². The molecule has 21 heavy (non-hydrogen) atoms. The van der Waals surface area contributed by atoms with Gasteiger partial charge < -0.3 is 5.32 Å². The van der Waals surface area contributed by atoms with Crippen LogP contribution in [0.5, 0.6) is 0 Å². The summed E-state index contributed by atoms with van der Waals surface area (Å²) in [4.78, 5) is 11.5. The first-order chi connectivity index (χ1) is 9.52. The molecular weight excluding hydrogens is 319 g/mol. The van der Waals surface area contributed by atoms with Gasteiger partial charge in [-0.1, -0.05) is 0 Å². The standard InChI is InChI=1S/C12H17FN2O4S2/c1-7(6-20(3)17)15-12(16)9-4-10(13)8(2)11(5-9)21(14,18)19/h4-5,7H,6H2,1-3H3,(H,15,16)(H2,14,18,19). The van der Waals surface area contributed by atoms with Crippen LogP contribution < -0.4 is 10.5 Å². The Labute approximate surface area is 125 Å². The molecule has 0 radical (unpaired) electrons. The number of carbonyl (C=O) groups is 1. The smallest absolute Gasteiger partial charge is 0.251 e. The summed E-state index contributed by atoms with van der Waals surface area (Å²) in [5.41, 5.74) is -0.298. The fraction of sp³-hybridized carbons (Fsp3) is 0.417. The van der Waals surface area contributed by atoms with Crippen molar-refractivity contribution in [3.05, 3.63) is 29.1 Å². The van der Waals surface area contributed by atoms with Crippen LogP contribution in [0.1, 0.15) is 22.8 Å². The second-order valence-electron chi connectivity index (χ2n) is 4.74. The van der Waals surface area contributed by atoms with Crippen molar-refractivity contribution < 1.29 is 21.8 Å². The zero-order valence-corrected chi connectivity index (χ0v) is 13.5. The van der Waals surface area contributed by atoms with Crippen molar-refractivity contribution in [2.45, 2.75) is 24.8 Å². The lowest BCUT2D eigenvalue weighted by Crippen LogP contribution is -2.36. The van der Waals surface area contributed by atoms with Crippen LogP contribution in [0.15, 0.2) is 17.0 Å². The molecule has 0 saturated carbocycles. The molecule has 0 aliphatic heterocycles. The van der Waals surface area contributed by atoms with E-state index in [0.717, 1.165) is 12.1 Å². The lowest BCUT2D eigenvalue weighted by molar-refractivity contribution is 0.0943. The number of rotatable bonds is 5. The first-order valence-electron chi connectivity index (χ1n) is 5.96. The Balaban J connectivity index is 3.12. The van der Waals surface area contributed by atoms with Crippen LogP contribution in [-0.2, 0) is 20.8 Å². The molecule has 0 aliphatic rings. The summed E-state index contributed by atoms with van der Waals surface area (Å²) in [6.45, 7) is 2.91. The number of nitrogens with two attached hydrogens (primary N) is 1. The molecule has 3 N–H and O–H groups in total. The van der Waals surface area contributed by atoms with E-state index >= 15 is 0 Å². The largest absolute Gasteiger partial charge is 0.349 e. The van der Waals surface area contributed by atoms with E-state index < -0.39 is 43.5 Å². The monoisotopic (exact) mass is 336 g/mol. The molecule has 0 spiro atoms. The van der Waals surface area contributed by atoms with Gasteiger partial charge in [0.05, 0.1) is 4.90 Å². The van der Waals surface area contributed by atoms with E-state index in [1.165, 1.54) is 13.2 Å². The molecule has 1 amide bonds. The number of nitrogens with one attached hydrogen (secondary N) is 1. The Morgan fingerprint density at radius 1 is 1.48 bits per heavy atom. The summed E-state index contributed by atoms with van der Waals surface area (Å²) in [7, 11) is -5.23. The van der Waals surface area contributed by atoms with Crippen LogP contribution in [0.25, 0.3) is 0 Å². The summed E-state index contributed by atoms with van der Waals surface area (Å²) >= 11 is 0. The molecule has 0 fully saturated rings. The normalized spacial score (nSPS) is 14.5. The molecule has 0 saturated heterocycles. The Kier molecular flexibility index (Phi) is 5.60. The van der Waals surface area contributed by atoms with Crippen molar-refractivity contribution in [3.8, 4) is 0 Å². The predicted molar refractivity (Wildman–Crippen MR) is 78.4 cm³/mol. The Morgan fingerprint density at radius 3 is 2.52 bits per heavy atom. The first kappa shape index (κ1) is 17.7. The lowest BCUT2D eigenvalue weighted by atomic mass is 10.1. The second-order valence-corrected chi connectivity index (χ2v) is 7.75. The van der Waals surface area contributed by atoms with Crippen molar-refractivity contribution in [3.63, 3.8) is 0 Å². The van der Waals surface area contributed by atoms with Gasteiger partial charge in [0.2, 0.25) is 10.0 Å². The number of hydrogen-bond acceptors (Lipinski definition) is 4. The van der Waals surface area contributed by atoms with E-state index in [4.69, 9.17) is 5.14 Å². The highest BCUT2D eigenvalue weighted by molar-refractivity contribution is 7.89. The van der Waals surface area contributed by atoms with Gasteiger partial charge in [0.25, 0.3) is 5.91 Å². The first-order valence-corrected chi connectivity index (χ1v) is 9.23. The maximum absolute atomic E-state index is 13.7. The average molecular weight is 336 g/mol. The molecule has 1 aromatic rings. The van der Waals surface area contributed by atoms with Gasteiger partial charge in [-0.05, 0) is 26.0 Å². The van der Waals surface area contributed by atoms with Crippen molar-refractivity contribution in [2.75, 3.05) is 12.0 Å². The van der Waals surface area contributed by atoms with E-state index in [1.807, 2.05) is 0 Å². The van der Waals surface area contributed by atoms with E-state index in [0.29, 0.717) is 0 Å². The molecule has 0 heterocycles. The van der Waals surface area contributed by atoms with Gasteiger partial charge in [0.15, 0.2) is 0 Å². The van der Waals surface area contributed by atoms with Crippen molar-refractivity contribution in [1.82, 2.24) is 5.32 Å². The van der Waals surface area contributed by atoms with Crippen LogP contribution in [0.4, 0.5) is 4.39 Å². The quantitative estimate of drug-likeness (QED) is 0.805. The molecule has 0 bridgehead atoms. The number of amides is 1. The van der Waals surface area contributed by atoms with Crippen LogP contribution >= 0.6 is 0 Å². The van der Waals surface area contributed by atoms with E-state index in [-0.39, 0.29) is 16.9 Å². The third-order valence-corrected chi connectivity index (χ3v) is 4.73. The fourth-order valence-electron chi connectivity index (χ4n) is 1.78. The summed E-state index contributed by atoms with van der Waals surface area (Å²) in [6.07, 6.45) is 1.49.